The van der Waals surface area contributed by atoms with E-state index in [4.69, 9.17) is 0 Å². The largest absolute Gasteiger partial charge is 0.339 e. The fraction of sp³-hybridized carbons (Fsp3) is 0.923. The number of nitrogens with zero attached hydrogens (tertiary/aromatic N) is 3. The molecule has 1 saturated heterocycles. The molecule has 1 aliphatic rings. The molecule has 1 heterocycles. The monoisotopic (exact) mass is 256 g/mol. The van der Waals surface area contributed by atoms with Crippen LogP contribution in [-0.2, 0) is 4.79 Å². The van der Waals surface area contributed by atoms with Gasteiger partial charge in [-0.05, 0) is 20.1 Å². The SMILES string of the molecule is CCN(CC)CCNCC(=O)N1CCN(C)CC1. The van der Waals surface area contributed by atoms with Gasteiger partial charge in [-0.1, -0.05) is 13.8 Å². The Bertz CT molecular complexity index is 235. The first-order valence-electron chi connectivity index (χ1n) is 7.06. The van der Waals surface area contributed by atoms with E-state index < -0.39 is 0 Å². The summed E-state index contributed by atoms with van der Waals surface area (Å²) < 4.78 is 0. The summed E-state index contributed by atoms with van der Waals surface area (Å²) in [5.74, 6) is 0.239. The maximum absolute atomic E-state index is 11.9. The predicted octanol–water partition coefficient (Wildman–Crippen LogP) is -0.308. The van der Waals surface area contributed by atoms with Crippen molar-refractivity contribution >= 4 is 5.91 Å². The van der Waals surface area contributed by atoms with Crippen LogP contribution in [0.1, 0.15) is 13.8 Å². The van der Waals surface area contributed by atoms with Crippen LogP contribution >= 0.6 is 0 Å². The van der Waals surface area contributed by atoms with Crippen molar-refractivity contribution < 1.29 is 4.79 Å². The van der Waals surface area contributed by atoms with Gasteiger partial charge in [-0.25, -0.2) is 0 Å². The van der Waals surface area contributed by atoms with Crippen LogP contribution in [0, 0.1) is 0 Å². The van der Waals surface area contributed by atoms with Gasteiger partial charge in [0.05, 0.1) is 6.54 Å². The van der Waals surface area contributed by atoms with Gasteiger partial charge in [0.1, 0.15) is 0 Å². The Hall–Kier alpha value is -0.650. The average Bonchev–Trinajstić information content (AvgIpc) is 2.39. The molecule has 0 aromatic heterocycles. The summed E-state index contributed by atoms with van der Waals surface area (Å²) >= 11 is 0. The van der Waals surface area contributed by atoms with Gasteiger partial charge >= 0.3 is 0 Å². The summed E-state index contributed by atoms with van der Waals surface area (Å²) in [7, 11) is 2.10. The second-order valence-electron chi connectivity index (χ2n) is 4.89. The van der Waals surface area contributed by atoms with Gasteiger partial charge in [0, 0.05) is 39.3 Å². The summed E-state index contributed by atoms with van der Waals surface area (Å²) in [5.41, 5.74) is 0. The van der Waals surface area contributed by atoms with E-state index in [1.165, 1.54) is 0 Å². The first kappa shape index (κ1) is 15.4. The van der Waals surface area contributed by atoms with Crippen LogP contribution in [0.25, 0.3) is 0 Å². The van der Waals surface area contributed by atoms with Crippen LogP contribution in [0.3, 0.4) is 0 Å². The number of amides is 1. The molecule has 0 radical (unpaired) electrons. The quantitative estimate of drug-likeness (QED) is 0.634. The number of likely N-dealkylation sites (N-methyl/N-ethyl adjacent to an activating group) is 2. The van der Waals surface area contributed by atoms with Gasteiger partial charge in [0.15, 0.2) is 0 Å². The maximum atomic E-state index is 11.9. The van der Waals surface area contributed by atoms with Crippen molar-refractivity contribution in [1.82, 2.24) is 20.0 Å². The number of piperazine rings is 1. The Morgan fingerprint density at radius 3 is 2.33 bits per heavy atom. The number of carbonyl (C=O) groups excluding carboxylic acids is 1. The summed E-state index contributed by atoms with van der Waals surface area (Å²) in [5, 5.41) is 3.25. The normalized spacial score (nSPS) is 17.4. The van der Waals surface area contributed by atoms with E-state index >= 15 is 0 Å². The number of rotatable bonds is 7. The van der Waals surface area contributed by atoms with Gasteiger partial charge in [-0.3, -0.25) is 4.79 Å². The molecule has 0 bridgehead atoms. The lowest BCUT2D eigenvalue weighted by molar-refractivity contribution is -0.131. The van der Waals surface area contributed by atoms with Crippen molar-refractivity contribution in [2.45, 2.75) is 13.8 Å². The fourth-order valence-corrected chi connectivity index (χ4v) is 2.14. The molecule has 0 aromatic carbocycles. The van der Waals surface area contributed by atoms with E-state index in [1.54, 1.807) is 0 Å². The molecule has 1 rings (SSSR count). The molecule has 18 heavy (non-hydrogen) atoms. The minimum Gasteiger partial charge on any atom is -0.339 e. The molecule has 0 unspecified atom stereocenters. The molecule has 1 N–H and O–H groups in total. The van der Waals surface area contributed by atoms with Crippen LogP contribution in [0.15, 0.2) is 0 Å². The smallest absolute Gasteiger partial charge is 0.236 e. The lowest BCUT2D eigenvalue weighted by Gasteiger charge is -2.32. The van der Waals surface area contributed by atoms with Gasteiger partial charge < -0.3 is 20.0 Å². The summed E-state index contributed by atoms with van der Waals surface area (Å²) in [4.78, 5) is 18.5. The zero-order valence-corrected chi connectivity index (χ0v) is 12.1. The lowest BCUT2D eigenvalue weighted by Crippen LogP contribution is -2.49. The van der Waals surface area contributed by atoms with E-state index in [-0.39, 0.29) is 5.91 Å². The zero-order chi connectivity index (χ0) is 13.4. The molecule has 106 valence electrons. The Labute approximate surface area is 111 Å². The molecule has 1 amide bonds. The highest BCUT2D eigenvalue weighted by Crippen LogP contribution is 1.98. The van der Waals surface area contributed by atoms with E-state index in [2.05, 4.69) is 36.0 Å². The number of hydrogen-bond acceptors (Lipinski definition) is 4. The van der Waals surface area contributed by atoms with Crippen LogP contribution < -0.4 is 5.32 Å². The molecule has 0 aromatic rings. The Balaban J connectivity index is 2.10. The third kappa shape index (κ3) is 5.33. The molecule has 0 saturated carbocycles. The molecular formula is C13H28N4O. The van der Waals surface area contributed by atoms with Crippen LogP contribution in [0.2, 0.25) is 0 Å². The third-order valence-electron chi connectivity index (χ3n) is 3.63. The van der Waals surface area contributed by atoms with E-state index in [0.717, 1.165) is 52.4 Å². The average molecular weight is 256 g/mol. The van der Waals surface area contributed by atoms with Gasteiger partial charge in [0.2, 0.25) is 5.91 Å². The highest BCUT2D eigenvalue weighted by Gasteiger charge is 2.18. The second-order valence-corrected chi connectivity index (χ2v) is 4.89. The van der Waals surface area contributed by atoms with E-state index in [9.17, 15) is 4.79 Å². The first-order chi connectivity index (χ1) is 8.67. The number of hydrogen-bond donors (Lipinski definition) is 1. The van der Waals surface area contributed by atoms with Crippen LogP contribution in [-0.4, -0.2) is 86.6 Å². The standard InChI is InChI=1S/C13H28N4O/c1-4-16(5-2)7-6-14-12-13(18)17-10-8-15(3)9-11-17/h14H,4-12H2,1-3H3. The molecule has 0 atom stereocenters. The fourth-order valence-electron chi connectivity index (χ4n) is 2.14. The minimum atomic E-state index is 0.239. The van der Waals surface area contributed by atoms with Gasteiger partial charge in [0.25, 0.3) is 0 Å². The molecule has 1 fully saturated rings. The highest BCUT2D eigenvalue weighted by atomic mass is 16.2. The van der Waals surface area contributed by atoms with Crippen molar-refractivity contribution in [1.29, 1.82) is 0 Å². The zero-order valence-electron chi connectivity index (χ0n) is 12.1. The highest BCUT2D eigenvalue weighted by molar-refractivity contribution is 5.78. The molecule has 0 spiro atoms. The Morgan fingerprint density at radius 2 is 1.78 bits per heavy atom. The minimum absolute atomic E-state index is 0.239. The third-order valence-corrected chi connectivity index (χ3v) is 3.63. The maximum Gasteiger partial charge on any atom is 0.236 e. The molecule has 0 aliphatic carbocycles. The van der Waals surface area contributed by atoms with Crippen molar-refractivity contribution in [3.05, 3.63) is 0 Å². The van der Waals surface area contributed by atoms with Crippen LogP contribution in [0.5, 0.6) is 0 Å². The summed E-state index contributed by atoms with van der Waals surface area (Å²) in [6.07, 6.45) is 0. The van der Waals surface area contributed by atoms with Crippen molar-refractivity contribution in [2.75, 3.05) is 66.0 Å². The Kier molecular flexibility index (Phi) is 7.23. The molecule has 5 nitrogen and oxygen atoms in total. The van der Waals surface area contributed by atoms with Crippen LogP contribution in [0.4, 0.5) is 0 Å². The van der Waals surface area contributed by atoms with E-state index in [0.29, 0.717) is 6.54 Å². The Morgan fingerprint density at radius 1 is 1.17 bits per heavy atom. The summed E-state index contributed by atoms with van der Waals surface area (Å²) in [6, 6.07) is 0. The topological polar surface area (TPSA) is 38.8 Å². The van der Waals surface area contributed by atoms with Crippen molar-refractivity contribution in [3.63, 3.8) is 0 Å². The van der Waals surface area contributed by atoms with Gasteiger partial charge in [-0.15, -0.1) is 0 Å². The summed E-state index contributed by atoms with van der Waals surface area (Å²) in [6.45, 7) is 12.6. The van der Waals surface area contributed by atoms with Crippen molar-refractivity contribution in [2.24, 2.45) is 0 Å². The first-order valence-corrected chi connectivity index (χ1v) is 7.06. The molecule has 1 aliphatic heterocycles. The number of carbonyl (C=O) groups is 1. The molecular weight excluding hydrogens is 228 g/mol. The predicted molar refractivity (Wildman–Crippen MR) is 74.7 cm³/mol. The van der Waals surface area contributed by atoms with E-state index in [1.807, 2.05) is 4.90 Å². The van der Waals surface area contributed by atoms with Crippen molar-refractivity contribution in [3.8, 4) is 0 Å². The number of nitrogens with one attached hydrogen (secondary N) is 1. The lowest BCUT2D eigenvalue weighted by atomic mass is 10.3. The van der Waals surface area contributed by atoms with Gasteiger partial charge in [-0.2, -0.15) is 0 Å². The second kappa shape index (κ2) is 8.45. The molecule has 5 heteroatoms.